The Morgan fingerprint density at radius 2 is 2.00 bits per heavy atom. The Bertz CT molecular complexity index is 432. The van der Waals surface area contributed by atoms with E-state index in [1.165, 1.54) is 32.1 Å². The molecule has 2 atom stereocenters. The highest BCUT2D eigenvalue weighted by Crippen LogP contribution is 2.31. The second-order valence-electron chi connectivity index (χ2n) is 7.25. The monoisotopic (exact) mass is 311 g/mol. The minimum atomic E-state index is -0.447. The van der Waals surface area contributed by atoms with Crippen molar-refractivity contribution in [3.05, 3.63) is 16.1 Å². The van der Waals surface area contributed by atoms with Crippen LogP contribution in [0.15, 0.2) is 5.38 Å². The van der Waals surface area contributed by atoms with E-state index >= 15 is 0 Å². The number of aliphatic hydroxyl groups is 1. The van der Waals surface area contributed by atoms with Gasteiger partial charge >= 0.3 is 0 Å². The average molecular weight is 311 g/mol. The predicted molar refractivity (Wildman–Crippen MR) is 87.9 cm³/mol. The minimum absolute atomic E-state index is 0.0488. The number of methoxy groups -OCH3 is 1. The van der Waals surface area contributed by atoms with Crippen LogP contribution < -0.4 is 0 Å². The third-order valence-corrected chi connectivity index (χ3v) is 5.34. The first kappa shape index (κ1) is 16.9. The zero-order valence-electron chi connectivity index (χ0n) is 13.8. The highest BCUT2D eigenvalue weighted by Gasteiger charge is 2.30. The van der Waals surface area contributed by atoms with Crippen LogP contribution in [0.3, 0.4) is 0 Å². The first-order valence-corrected chi connectivity index (χ1v) is 8.95. The lowest BCUT2D eigenvalue weighted by Crippen LogP contribution is -2.37. The van der Waals surface area contributed by atoms with Crippen LogP contribution in [0.25, 0.3) is 0 Å². The van der Waals surface area contributed by atoms with Gasteiger partial charge < -0.3 is 9.84 Å². The third-order valence-electron chi connectivity index (χ3n) is 4.47. The summed E-state index contributed by atoms with van der Waals surface area (Å²) < 4.78 is 5.62. The molecule has 1 saturated carbocycles. The lowest BCUT2D eigenvalue weighted by Gasteiger charge is -2.32. The van der Waals surface area contributed by atoms with E-state index in [1.807, 2.05) is 0 Å². The van der Waals surface area contributed by atoms with Gasteiger partial charge in [-0.2, -0.15) is 0 Å². The van der Waals surface area contributed by atoms with Crippen LogP contribution in [0.2, 0.25) is 0 Å². The maximum Gasteiger partial charge on any atom is 0.0955 e. The molecule has 2 rings (SSSR count). The van der Waals surface area contributed by atoms with Crippen LogP contribution >= 0.6 is 11.3 Å². The van der Waals surface area contributed by atoms with Gasteiger partial charge in [-0.3, -0.25) is 0 Å². The van der Waals surface area contributed by atoms with Crippen molar-refractivity contribution >= 4 is 11.3 Å². The van der Waals surface area contributed by atoms with Gasteiger partial charge in [-0.25, -0.2) is 4.98 Å². The fourth-order valence-electron chi connectivity index (χ4n) is 3.17. The van der Waals surface area contributed by atoms with Crippen molar-refractivity contribution < 1.29 is 9.84 Å². The molecule has 120 valence electrons. The summed E-state index contributed by atoms with van der Waals surface area (Å²) in [6.07, 6.45) is 6.33. The van der Waals surface area contributed by atoms with Crippen LogP contribution in [0.5, 0.6) is 0 Å². The molecular formula is C17H29NO2S. The number of aromatic nitrogens is 1. The Balaban J connectivity index is 1.98. The molecule has 0 amide bonds. The van der Waals surface area contributed by atoms with Crippen LogP contribution in [-0.2, 0) is 16.6 Å². The number of ether oxygens (including phenoxy) is 1. The maximum atomic E-state index is 10.6. The van der Waals surface area contributed by atoms with Gasteiger partial charge in [0.25, 0.3) is 0 Å². The molecule has 21 heavy (non-hydrogen) atoms. The molecule has 1 aromatic heterocycles. The van der Waals surface area contributed by atoms with Gasteiger partial charge in [-0.05, 0) is 18.8 Å². The summed E-state index contributed by atoms with van der Waals surface area (Å²) in [5.41, 5.74) is 1.19. The topological polar surface area (TPSA) is 42.4 Å². The largest absolute Gasteiger partial charge is 0.390 e. The Kier molecular flexibility index (Phi) is 5.81. The summed E-state index contributed by atoms with van der Waals surface area (Å²) in [5.74, 6) is 0.501. The molecule has 1 aliphatic rings. The molecule has 1 aromatic rings. The first-order valence-electron chi connectivity index (χ1n) is 8.07. The molecule has 1 aliphatic carbocycles. The van der Waals surface area contributed by atoms with Crippen LogP contribution in [0, 0.1) is 5.92 Å². The summed E-state index contributed by atoms with van der Waals surface area (Å²) in [4.78, 5) is 4.69. The molecule has 0 spiro atoms. The fourth-order valence-corrected chi connectivity index (χ4v) is 4.24. The van der Waals surface area contributed by atoms with Gasteiger partial charge in [0.2, 0.25) is 0 Å². The zero-order valence-corrected chi connectivity index (χ0v) is 14.6. The second-order valence-corrected chi connectivity index (χ2v) is 8.19. The Morgan fingerprint density at radius 1 is 1.33 bits per heavy atom. The molecule has 0 saturated heterocycles. The number of hydrogen-bond acceptors (Lipinski definition) is 4. The van der Waals surface area contributed by atoms with Crippen molar-refractivity contribution in [1.82, 2.24) is 4.98 Å². The summed E-state index contributed by atoms with van der Waals surface area (Å²) in [7, 11) is 1.73. The fraction of sp³-hybridized carbons (Fsp3) is 0.824. The van der Waals surface area contributed by atoms with Crippen LogP contribution in [0.1, 0.15) is 63.6 Å². The van der Waals surface area contributed by atoms with Gasteiger partial charge in [-0.15, -0.1) is 11.3 Å². The Labute approximate surface area is 132 Å². The van der Waals surface area contributed by atoms with Crippen molar-refractivity contribution in [3.8, 4) is 0 Å². The van der Waals surface area contributed by atoms with Gasteiger partial charge in [0, 0.05) is 24.3 Å². The highest BCUT2D eigenvalue weighted by atomic mass is 32.1. The Morgan fingerprint density at radius 3 is 2.52 bits per heavy atom. The lowest BCUT2D eigenvalue weighted by molar-refractivity contribution is -0.0535. The van der Waals surface area contributed by atoms with E-state index in [0.29, 0.717) is 12.3 Å². The molecule has 0 radical (unpaired) electrons. The van der Waals surface area contributed by atoms with Crippen molar-refractivity contribution in [2.24, 2.45) is 5.92 Å². The van der Waals surface area contributed by atoms with E-state index in [2.05, 4.69) is 31.1 Å². The maximum absolute atomic E-state index is 10.6. The van der Waals surface area contributed by atoms with Crippen LogP contribution in [-0.4, -0.2) is 29.4 Å². The third kappa shape index (κ3) is 4.51. The van der Waals surface area contributed by atoms with Crippen molar-refractivity contribution in [3.63, 3.8) is 0 Å². The van der Waals surface area contributed by atoms with Crippen LogP contribution in [0.4, 0.5) is 0 Å². The van der Waals surface area contributed by atoms with Gasteiger partial charge in [-0.1, -0.05) is 40.0 Å². The van der Waals surface area contributed by atoms with Gasteiger partial charge in [0.15, 0.2) is 0 Å². The lowest BCUT2D eigenvalue weighted by atomic mass is 9.82. The predicted octanol–water partition coefficient (Wildman–Crippen LogP) is 3.94. The molecule has 1 fully saturated rings. The van der Waals surface area contributed by atoms with E-state index in [0.717, 1.165) is 10.7 Å². The summed E-state index contributed by atoms with van der Waals surface area (Å²) in [6, 6.07) is 0. The molecule has 1 heterocycles. The summed E-state index contributed by atoms with van der Waals surface area (Å²) in [6.45, 7) is 6.51. The van der Waals surface area contributed by atoms with E-state index in [9.17, 15) is 5.11 Å². The zero-order chi connectivity index (χ0) is 15.5. The number of thiazole rings is 1. The molecule has 0 bridgehead atoms. The smallest absolute Gasteiger partial charge is 0.0955 e. The number of aliphatic hydroxyl groups excluding tert-OH is 1. The molecule has 0 aliphatic heterocycles. The van der Waals surface area contributed by atoms with E-state index in [4.69, 9.17) is 4.74 Å². The number of hydrogen-bond donors (Lipinski definition) is 1. The highest BCUT2D eigenvalue weighted by molar-refractivity contribution is 7.09. The SMILES string of the molecule is COC(C(O)Cc1nc(C(C)(C)C)cs1)C1CCCCC1. The second kappa shape index (κ2) is 7.21. The van der Waals surface area contributed by atoms with E-state index < -0.39 is 6.10 Å². The average Bonchev–Trinajstić information content (AvgIpc) is 2.89. The molecule has 0 aromatic carbocycles. The van der Waals surface area contributed by atoms with Crippen molar-refractivity contribution in [1.29, 1.82) is 0 Å². The van der Waals surface area contributed by atoms with E-state index in [-0.39, 0.29) is 11.5 Å². The summed E-state index contributed by atoms with van der Waals surface area (Å²) in [5, 5.41) is 13.7. The molecule has 4 heteroatoms. The molecular weight excluding hydrogens is 282 g/mol. The Hall–Kier alpha value is -0.450. The van der Waals surface area contributed by atoms with E-state index in [1.54, 1.807) is 18.4 Å². The molecule has 1 N–H and O–H groups in total. The standard InChI is InChI=1S/C17H29NO2S/c1-17(2,3)14-11-21-15(18-14)10-13(19)16(20-4)12-8-6-5-7-9-12/h11-13,16,19H,5-10H2,1-4H3. The minimum Gasteiger partial charge on any atom is -0.390 e. The number of nitrogens with zero attached hydrogens (tertiary/aromatic N) is 1. The van der Waals surface area contributed by atoms with Crippen molar-refractivity contribution in [2.45, 2.75) is 76.9 Å². The normalized spacial score (nSPS) is 20.4. The number of rotatable bonds is 5. The molecule has 2 unspecified atom stereocenters. The molecule has 3 nitrogen and oxygen atoms in total. The summed E-state index contributed by atoms with van der Waals surface area (Å²) >= 11 is 1.65. The first-order chi connectivity index (χ1) is 9.91. The quantitative estimate of drug-likeness (QED) is 0.895. The van der Waals surface area contributed by atoms with Crippen molar-refractivity contribution in [2.75, 3.05) is 7.11 Å². The van der Waals surface area contributed by atoms with Gasteiger partial charge in [0.1, 0.15) is 0 Å². The van der Waals surface area contributed by atoms with Gasteiger partial charge in [0.05, 0.1) is 22.9 Å².